The fourth-order valence-corrected chi connectivity index (χ4v) is 11.7. The highest BCUT2D eigenvalue weighted by Crippen LogP contribution is 2.42. The standard InChI is InChI=1S/C44H45ClFN9O5S/c1-22-23(2)61-44-38(22)39(26-4-6-27(45)7-5-26)47-33(40-50-49-24(3)53(40)44)18-37(57)52-14-12-25(13-15-52)19-51-20-28-8-9-29(21-51)54(28)35-17-31-30(16-32(35)46)42(59)55(43(31)60)34-10-11-36(56)48-41(34)58/h4-7,16-17,25,28-29,33-34H,8-15,18-21H2,1-3H3,(H,48,56,58)/t28?,29?,33-,34?/m0/s1. The number of thiophene rings is 1. The number of carbonyl (C=O) groups is 5. The van der Waals surface area contributed by atoms with Gasteiger partial charge < -0.3 is 9.80 Å². The first-order valence-electron chi connectivity index (χ1n) is 21.0. The number of rotatable bonds is 7. The summed E-state index contributed by atoms with van der Waals surface area (Å²) in [6.07, 6.45) is 3.72. The maximum atomic E-state index is 15.9. The average molecular weight is 866 g/mol. The minimum absolute atomic E-state index is 0.0134. The first-order chi connectivity index (χ1) is 29.3. The number of nitrogens with one attached hydrogen (secondary N) is 1. The van der Waals surface area contributed by atoms with Gasteiger partial charge in [-0.25, -0.2) is 4.39 Å². The third-order valence-electron chi connectivity index (χ3n) is 13.6. The van der Waals surface area contributed by atoms with Crippen molar-refractivity contribution in [2.75, 3.05) is 37.6 Å². The molecule has 4 atom stereocenters. The Bertz CT molecular complexity index is 2550. The van der Waals surface area contributed by atoms with Crippen molar-refractivity contribution in [3.05, 3.63) is 91.6 Å². The first kappa shape index (κ1) is 39.8. The first-order valence-corrected chi connectivity index (χ1v) is 22.2. The number of anilines is 1. The fraction of sp³-hybridized carbons (Fsp3) is 0.455. The van der Waals surface area contributed by atoms with Crippen molar-refractivity contribution < 1.29 is 28.4 Å². The largest absolute Gasteiger partial charge is 0.361 e. The smallest absolute Gasteiger partial charge is 0.262 e. The fourth-order valence-electron chi connectivity index (χ4n) is 10.4. The molecule has 8 heterocycles. The summed E-state index contributed by atoms with van der Waals surface area (Å²) in [6.45, 7) is 9.81. The summed E-state index contributed by atoms with van der Waals surface area (Å²) in [7, 11) is 0. The predicted octanol–water partition coefficient (Wildman–Crippen LogP) is 5.32. The molecule has 3 unspecified atom stereocenters. The van der Waals surface area contributed by atoms with E-state index < -0.39 is 41.5 Å². The monoisotopic (exact) mass is 865 g/mol. The second-order valence-electron chi connectivity index (χ2n) is 17.2. The maximum absolute atomic E-state index is 15.9. The van der Waals surface area contributed by atoms with Crippen LogP contribution in [0.3, 0.4) is 0 Å². The summed E-state index contributed by atoms with van der Waals surface area (Å²) in [6, 6.07) is 8.72. The number of piperazine rings is 1. The zero-order chi connectivity index (χ0) is 42.4. The molecule has 6 aliphatic heterocycles. The van der Waals surface area contributed by atoms with Gasteiger partial charge in [0, 0.05) is 72.3 Å². The molecule has 1 N–H and O–H groups in total. The molecule has 2 aromatic heterocycles. The van der Waals surface area contributed by atoms with Crippen molar-refractivity contribution in [3.8, 4) is 5.00 Å². The van der Waals surface area contributed by atoms with Gasteiger partial charge in [0.2, 0.25) is 17.7 Å². The van der Waals surface area contributed by atoms with Gasteiger partial charge in [-0.15, -0.1) is 21.5 Å². The molecule has 10 rings (SSSR count). The van der Waals surface area contributed by atoms with Crippen molar-refractivity contribution in [1.29, 1.82) is 0 Å². The van der Waals surface area contributed by atoms with Gasteiger partial charge in [-0.05, 0) is 88.6 Å². The van der Waals surface area contributed by atoms with Crippen LogP contribution in [-0.2, 0) is 14.4 Å². The Morgan fingerprint density at radius 3 is 2.30 bits per heavy atom. The lowest BCUT2D eigenvalue weighted by Crippen LogP contribution is -2.55. The van der Waals surface area contributed by atoms with Gasteiger partial charge in [0.15, 0.2) is 5.82 Å². The molecule has 14 nitrogen and oxygen atoms in total. The van der Waals surface area contributed by atoms with Crippen LogP contribution < -0.4 is 10.2 Å². The van der Waals surface area contributed by atoms with Crippen LogP contribution in [-0.4, -0.2) is 116 Å². The summed E-state index contributed by atoms with van der Waals surface area (Å²) in [5.41, 5.74) is 4.25. The number of fused-ring (bicyclic) bond motifs is 6. The molecule has 0 radical (unpaired) electrons. The molecule has 4 fully saturated rings. The summed E-state index contributed by atoms with van der Waals surface area (Å²) in [4.78, 5) is 79.0. The van der Waals surface area contributed by atoms with Crippen LogP contribution in [0.15, 0.2) is 41.4 Å². The molecule has 17 heteroatoms. The van der Waals surface area contributed by atoms with Crippen LogP contribution >= 0.6 is 22.9 Å². The Morgan fingerprint density at radius 1 is 0.918 bits per heavy atom. The van der Waals surface area contributed by atoms with E-state index in [1.807, 2.05) is 36.1 Å². The Balaban J connectivity index is 0.793. The number of piperidine rings is 2. The molecule has 4 saturated heterocycles. The number of likely N-dealkylation sites (tertiary alicyclic amines) is 2. The molecule has 5 amide bonds. The molecular formula is C44H45ClFN9O5S. The molecule has 0 spiro atoms. The van der Waals surface area contributed by atoms with Gasteiger partial charge >= 0.3 is 0 Å². The minimum Gasteiger partial charge on any atom is -0.361 e. The SMILES string of the molecule is Cc1sc2c(c1C)C(c1ccc(Cl)cc1)=N[C@@H](CC(=O)N1CCC(CN3CC4CCC(C3)N4c3cc4c(cc3F)C(=O)N(C3CCC(=O)NC3=O)C4=O)CC1)c1nnc(C)n1-2. The zero-order valence-corrected chi connectivity index (χ0v) is 35.7. The summed E-state index contributed by atoms with van der Waals surface area (Å²) in [5, 5.41) is 12.9. The van der Waals surface area contributed by atoms with Gasteiger partial charge in [0.1, 0.15) is 28.7 Å². The number of aryl methyl sites for hydroxylation is 2. The normalized spacial score (nSPS) is 24.1. The second kappa shape index (κ2) is 15.2. The van der Waals surface area contributed by atoms with Gasteiger partial charge in [0.05, 0.1) is 28.9 Å². The van der Waals surface area contributed by atoms with E-state index in [4.69, 9.17) is 16.6 Å². The third-order valence-corrected chi connectivity index (χ3v) is 15.0. The van der Waals surface area contributed by atoms with Crippen molar-refractivity contribution in [2.45, 2.75) is 89.9 Å². The highest BCUT2D eigenvalue weighted by molar-refractivity contribution is 7.15. The van der Waals surface area contributed by atoms with E-state index in [9.17, 15) is 24.0 Å². The van der Waals surface area contributed by atoms with Crippen LogP contribution in [0.2, 0.25) is 5.02 Å². The second-order valence-corrected chi connectivity index (χ2v) is 18.9. The van der Waals surface area contributed by atoms with Gasteiger partial charge in [-0.2, -0.15) is 0 Å². The Morgan fingerprint density at radius 2 is 1.61 bits per heavy atom. The van der Waals surface area contributed by atoms with E-state index in [2.05, 4.69) is 43.7 Å². The van der Waals surface area contributed by atoms with Crippen LogP contribution in [0, 0.1) is 32.5 Å². The van der Waals surface area contributed by atoms with Crippen molar-refractivity contribution in [2.24, 2.45) is 10.9 Å². The molecule has 61 heavy (non-hydrogen) atoms. The minimum atomic E-state index is -1.11. The maximum Gasteiger partial charge on any atom is 0.262 e. The molecule has 2 aromatic carbocycles. The Labute approximate surface area is 360 Å². The van der Waals surface area contributed by atoms with Crippen LogP contribution in [0.5, 0.6) is 0 Å². The van der Waals surface area contributed by atoms with Crippen LogP contribution in [0.25, 0.3) is 5.00 Å². The number of aliphatic imine (C=N–C) groups is 1. The molecule has 0 aliphatic carbocycles. The number of amides is 5. The number of carbonyl (C=O) groups excluding carboxylic acids is 5. The van der Waals surface area contributed by atoms with Gasteiger partial charge in [-0.3, -0.25) is 48.6 Å². The highest BCUT2D eigenvalue weighted by atomic mass is 35.5. The molecule has 2 bridgehead atoms. The Kier molecular flexibility index (Phi) is 9.94. The summed E-state index contributed by atoms with van der Waals surface area (Å²) >= 11 is 7.97. The van der Waals surface area contributed by atoms with E-state index in [1.165, 1.54) is 10.9 Å². The summed E-state index contributed by atoms with van der Waals surface area (Å²) < 4.78 is 18.0. The number of hydrogen-bond donors (Lipinski definition) is 1. The van der Waals surface area contributed by atoms with Crippen LogP contribution in [0.4, 0.5) is 10.1 Å². The highest BCUT2D eigenvalue weighted by Gasteiger charge is 2.47. The predicted molar refractivity (Wildman–Crippen MR) is 226 cm³/mol. The molecule has 316 valence electrons. The lowest BCUT2D eigenvalue weighted by Gasteiger charge is -2.44. The summed E-state index contributed by atoms with van der Waals surface area (Å²) in [5.74, 6) is -1.23. The lowest BCUT2D eigenvalue weighted by molar-refractivity contribution is -0.136. The van der Waals surface area contributed by atoms with Crippen molar-refractivity contribution in [1.82, 2.24) is 34.8 Å². The number of imide groups is 2. The molecule has 4 aromatic rings. The van der Waals surface area contributed by atoms with Crippen LogP contribution in [0.1, 0.15) is 105 Å². The molecule has 6 aliphatic rings. The number of benzene rings is 2. The van der Waals surface area contributed by atoms with E-state index in [0.29, 0.717) is 35.5 Å². The van der Waals surface area contributed by atoms with E-state index in [0.717, 1.165) is 89.5 Å². The number of aromatic nitrogens is 3. The van der Waals surface area contributed by atoms with E-state index in [-0.39, 0.29) is 48.4 Å². The van der Waals surface area contributed by atoms with Gasteiger partial charge in [0.25, 0.3) is 11.8 Å². The van der Waals surface area contributed by atoms with Gasteiger partial charge in [-0.1, -0.05) is 23.7 Å². The van der Waals surface area contributed by atoms with E-state index >= 15 is 4.39 Å². The molecular weight excluding hydrogens is 821 g/mol. The zero-order valence-electron chi connectivity index (χ0n) is 34.1. The topological polar surface area (TPSA) is 153 Å². The number of nitrogens with zero attached hydrogens (tertiary/aromatic N) is 8. The van der Waals surface area contributed by atoms with E-state index in [1.54, 1.807) is 11.3 Å². The van der Waals surface area contributed by atoms with Crippen molar-refractivity contribution >= 4 is 63.9 Å². The Hall–Kier alpha value is -5.32. The number of halogens is 2. The number of hydrogen-bond acceptors (Lipinski definition) is 11. The average Bonchev–Trinajstić information content (AvgIpc) is 3.88. The quantitative estimate of drug-likeness (QED) is 0.243. The lowest BCUT2D eigenvalue weighted by atomic mass is 9.95. The van der Waals surface area contributed by atoms with Crippen molar-refractivity contribution in [3.63, 3.8) is 0 Å². The molecule has 0 saturated carbocycles. The third kappa shape index (κ3) is 6.77.